The molecule has 1 unspecified atom stereocenters. The predicted molar refractivity (Wildman–Crippen MR) is 64.4 cm³/mol. The van der Waals surface area contributed by atoms with E-state index in [1.54, 1.807) is 31.2 Å². The van der Waals surface area contributed by atoms with Gasteiger partial charge in [0.2, 0.25) is 0 Å². The molecule has 0 N–H and O–H groups in total. The van der Waals surface area contributed by atoms with Gasteiger partial charge in [-0.2, -0.15) is 0 Å². The normalized spacial score (nSPS) is 12.7. The third kappa shape index (κ3) is 2.18. The van der Waals surface area contributed by atoms with Gasteiger partial charge in [-0.15, -0.1) is 25.6 Å². The maximum absolute atomic E-state index is 12.8. The summed E-state index contributed by atoms with van der Waals surface area (Å²) in [6.07, 6.45) is 0. The van der Waals surface area contributed by atoms with Crippen LogP contribution in [0.15, 0.2) is 24.3 Å². The van der Waals surface area contributed by atoms with Crippen LogP contribution in [0.2, 0.25) is 0 Å². The van der Waals surface area contributed by atoms with Crippen LogP contribution in [0.5, 0.6) is 0 Å². The number of alkyl halides is 3. The van der Waals surface area contributed by atoms with Crippen molar-refractivity contribution in [3.63, 3.8) is 0 Å². The standard InChI is InChI=1S/C11H10F3S.ClH/c1-7-3-4-10-9(5-7)6-8(2)15(10)11(12,13)14;/h3-6H,1-2H3;1H/q+1;. The van der Waals surface area contributed by atoms with Crippen LogP contribution in [0.1, 0.15) is 10.4 Å². The average molecular weight is 268 g/mol. The van der Waals surface area contributed by atoms with Gasteiger partial charge in [-0.25, -0.2) is 0 Å². The molecule has 0 amide bonds. The fourth-order valence-corrected chi connectivity index (χ4v) is 3.49. The lowest BCUT2D eigenvalue weighted by atomic mass is 10.2. The van der Waals surface area contributed by atoms with Gasteiger partial charge in [0.15, 0.2) is 9.58 Å². The SMILES string of the molecule is Cc1ccc2c(c1)cc(C)[s+]2C(F)(F)F.Cl. The van der Waals surface area contributed by atoms with E-state index < -0.39 is 16.0 Å². The Bertz CT molecular complexity index is 514. The first kappa shape index (κ1) is 13.3. The van der Waals surface area contributed by atoms with E-state index in [1.165, 1.54) is 0 Å². The highest BCUT2D eigenvalue weighted by Gasteiger charge is 2.46. The molecule has 0 aliphatic carbocycles. The highest BCUT2D eigenvalue weighted by Crippen LogP contribution is 2.50. The molecule has 0 fully saturated rings. The van der Waals surface area contributed by atoms with E-state index in [-0.39, 0.29) is 12.4 Å². The first-order chi connectivity index (χ1) is 6.89. The number of rotatable bonds is 0. The van der Waals surface area contributed by atoms with Gasteiger partial charge >= 0.3 is 5.51 Å². The zero-order chi connectivity index (χ0) is 11.2. The predicted octanol–water partition coefficient (Wildman–Crippen LogP) is 5.10. The third-order valence-electron chi connectivity index (χ3n) is 2.30. The summed E-state index contributed by atoms with van der Waals surface area (Å²) >= 11 is 0. The molecule has 5 heteroatoms. The van der Waals surface area contributed by atoms with Crippen LogP contribution in [0, 0.1) is 13.8 Å². The van der Waals surface area contributed by atoms with Crippen molar-refractivity contribution in [3.8, 4) is 0 Å². The maximum Gasteiger partial charge on any atom is 0.600 e. The Morgan fingerprint density at radius 3 is 2.25 bits per heavy atom. The number of hydrogen-bond acceptors (Lipinski definition) is 0. The monoisotopic (exact) mass is 267 g/mol. The maximum atomic E-state index is 12.8. The lowest BCUT2D eigenvalue weighted by Gasteiger charge is -1.97. The molecule has 0 nitrogen and oxygen atoms in total. The van der Waals surface area contributed by atoms with E-state index in [4.69, 9.17) is 0 Å². The van der Waals surface area contributed by atoms with Crippen molar-refractivity contribution in [1.29, 1.82) is 0 Å². The Kier molecular flexibility index (Phi) is 3.55. The second-order valence-electron chi connectivity index (χ2n) is 3.55. The van der Waals surface area contributed by atoms with Crippen LogP contribution < -0.4 is 0 Å². The van der Waals surface area contributed by atoms with Gasteiger partial charge in [0.1, 0.15) is 0 Å². The van der Waals surface area contributed by atoms with Crippen molar-refractivity contribution in [2.75, 3.05) is 0 Å². The lowest BCUT2D eigenvalue weighted by molar-refractivity contribution is -0.0867. The van der Waals surface area contributed by atoms with E-state index in [0.717, 1.165) is 5.56 Å². The quantitative estimate of drug-likeness (QED) is 0.582. The minimum Gasteiger partial charge on any atom is -0.147 e. The van der Waals surface area contributed by atoms with Gasteiger partial charge in [0, 0.05) is 18.4 Å². The van der Waals surface area contributed by atoms with Crippen LogP contribution in [0.25, 0.3) is 10.1 Å². The van der Waals surface area contributed by atoms with Crippen LogP contribution in [-0.4, -0.2) is 0 Å². The molecule has 1 aromatic carbocycles. The number of hydrogen-bond donors (Lipinski definition) is 0. The number of benzene rings is 1. The molecular weight excluding hydrogens is 257 g/mol. The summed E-state index contributed by atoms with van der Waals surface area (Å²) in [7, 11) is -1.71. The Morgan fingerprint density at radius 2 is 1.69 bits per heavy atom. The van der Waals surface area contributed by atoms with Crippen molar-refractivity contribution in [1.82, 2.24) is 0 Å². The fourth-order valence-electron chi connectivity index (χ4n) is 1.73. The summed E-state index contributed by atoms with van der Waals surface area (Å²) in [6, 6.07) is 6.77. The molecule has 1 heterocycles. The fraction of sp³-hybridized carbons (Fsp3) is 0.273. The molecule has 0 aliphatic heterocycles. The molecule has 2 aromatic rings. The van der Waals surface area contributed by atoms with Gasteiger partial charge in [-0.05, 0) is 19.1 Å². The van der Waals surface area contributed by atoms with Crippen molar-refractivity contribution < 1.29 is 13.2 Å². The topological polar surface area (TPSA) is 0 Å². The summed E-state index contributed by atoms with van der Waals surface area (Å²) in [5.41, 5.74) is -3.16. The Morgan fingerprint density at radius 1 is 1.06 bits per heavy atom. The van der Waals surface area contributed by atoms with Gasteiger partial charge < -0.3 is 0 Å². The second kappa shape index (κ2) is 4.26. The van der Waals surface area contributed by atoms with E-state index >= 15 is 0 Å². The minimum atomic E-state index is -4.15. The van der Waals surface area contributed by atoms with Crippen molar-refractivity contribution in [2.45, 2.75) is 19.4 Å². The summed E-state index contributed by atoms with van der Waals surface area (Å²) < 4.78 is 38.7. The first-order valence-electron chi connectivity index (χ1n) is 4.49. The number of aryl methyl sites for hydroxylation is 2. The number of halogens is 4. The van der Waals surface area contributed by atoms with Crippen LogP contribution in [0.4, 0.5) is 13.2 Å². The molecular formula is C11H11ClF3S+. The molecule has 0 saturated heterocycles. The van der Waals surface area contributed by atoms with E-state index in [0.29, 0.717) is 15.0 Å². The second-order valence-corrected chi connectivity index (χ2v) is 5.71. The van der Waals surface area contributed by atoms with Crippen LogP contribution in [-0.2, 0) is 5.51 Å². The summed E-state index contributed by atoms with van der Waals surface area (Å²) in [6.45, 7) is 3.43. The molecule has 2 rings (SSSR count). The molecule has 0 saturated carbocycles. The molecule has 0 aliphatic rings. The smallest absolute Gasteiger partial charge is 0.147 e. The molecule has 1 aromatic heterocycles. The Hall–Kier alpha value is -0.740. The van der Waals surface area contributed by atoms with Gasteiger partial charge in [-0.1, -0.05) is 11.6 Å². The summed E-state index contributed by atoms with van der Waals surface area (Å²) in [4.78, 5) is 0.406. The number of fused-ring (bicyclic) bond motifs is 1. The molecule has 16 heavy (non-hydrogen) atoms. The third-order valence-corrected chi connectivity index (χ3v) is 4.33. The van der Waals surface area contributed by atoms with Crippen molar-refractivity contribution in [3.05, 3.63) is 34.7 Å². The van der Waals surface area contributed by atoms with Crippen molar-refractivity contribution >= 4 is 33.0 Å². The van der Waals surface area contributed by atoms with E-state index in [2.05, 4.69) is 0 Å². The lowest BCUT2D eigenvalue weighted by Crippen LogP contribution is -1.96. The van der Waals surface area contributed by atoms with Crippen molar-refractivity contribution in [2.24, 2.45) is 0 Å². The van der Waals surface area contributed by atoms with E-state index in [9.17, 15) is 13.2 Å². The zero-order valence-corrected chi connectivity index (χ0v) is 10.4. The highest BCUT2D eigenvalue weighted by molar-refractivity contribution is 7.38. The largest absolute Gasteiger partial charge is 0.600 e. The molecule has 0 radical (unpaired) electrons. The van der Waals surface area contributed by atoms with Crippen LogP contribution >= 0.6 is 22.9 Å². The highest BCUT2D eigenvalue weighted by atomic mass is 35.5. The molecule has 0 bridgehead atoms. The zero-order valence-electron chi connectivity index (χ0n) is 8.76. The van der Waals surface area contributed by atoms with Gasteiger partial charge in [0.05, 0.1) is 10.5 Å². The first-order valence-corrected chi connectivity index (χ1v) is 5.72. The molecule has 1 atom stereocenters. The Balaban J connectivity index is 0.00000128. The minimum absolute atomic E-state index is 0. The van der Waals surface area contributed by atoms with Crippen LogP contribution in [0.3, 0.4) is 0 Å². The summed E-state index contributed by atoms with van der Waals surface area (Å²) in [5.74, 6) is 0. The molecule has 0 spiro atoms. The average Bonchev–Trinajstić information content (AvgIpc) is 2.38. The molecule has 88 valence electrons. The van der Waals surface area contributed by atoms with E-state index in [1.807, 2.05) is 6.92 Å². The summed E-state index contributed by atoms with van der Waals surface area (Å²) in [5, 5.41) is 0.716. The Labute approximate surface area is 100 Å². The van der Waals surface area contributed by atoms with Gasteiger partial charge in [-0.3, -0.25) is 0 Å². The van der Waals surface area contributed by atoms with Gasteiger partial charge in [0.25, 0.3) is 0 Å². The number of thiophene rings is 1.